The highest BCUT2D eigenvalue weighted by atomic mass is 16.5. The number of aromatic nitrogens is 1. The van der Waals surface area contributed by atoms with Crippen molar-refractivity contribution in [3.8, 4) is 0 Å². The molecule has 112 valence electrons. The van der Waals surface area contributed by atoms with Crippen molar-refractivity contribution in [3.63, 3.8) is 0 Å². The number of carbonyl (C=O) groups is 1. The first-order valence-corrected chi connectivity index (χ1v) is 7.06. The van der Waals surface area contributed by atoms with E-state index in [1.54, 1.807) is 23.8 Å². The van der Waals surface area contributed by atoms with Gasteiger partial charge in [-0.2, -0.15) is 0 Å². The Bertz CT molecular complexity index is 751. The Kier molecular flexibility index (Phi) is 3.90. The molecule has 0 radical (unpaired) electrons. The lowest BCUT2D eigenvalue weighted by atomic mass is 9.86. The van der Waals surface area contributed by atoms with Crippen LogP contribution in [0.5, 0.6) is 0 Å². The second-order valence-corrected chi connectivity index (χ2v) is 6.19. The number of ether oxygens (including phenoxy) is 1. The van der Waals surface area contributed by atoms with E-state index in [2.05, 4.69) is 20.8 Å². The van der Waals surface area contributed by atoms with E-state index in [1.165, 1.54) is 0 Å². The highest BCUT2D eigenvalue weighted by Crippen LogP contribution is 2.25. The van der Waals surface area contributed by atoms with E-state index in [0.717, 1.165) is 11.1 Å². The molecule has 1 aromatic heterocycles. The number of rotatable bonds is 2. The summed E-state index contributed by atoms with van der Waals surface area (Å²) in [6.45, 7) is 8.35. The number of carbonyl (C=O) groups excluding carboxylic acids is 1. The van der Waals surface area contributed by atoms with Gasteiger partial charge in [-0.15, -0.1) is 0 Å². The van der Waals surface area contributed by atoms with Crippen LogP contribution in [0.25, 0.3) is 10.9 Å². The minimum atomic E-state index is -0.570. The number of benzene rings is 1. The van der Waals surface area contributed by atoms with Crippen molar-refractivity contribution >= 4 is 16.9 Å². The molecule has 2 aromatic rings. The molecular weight excluding hydrogens is 266 g/mol. The number of nitrogens with zero attached hydrogens (tertiary/aromatic N) is 1. The number of hydrogen-bond acceptors (Lipinski definition) is 3. The predicted octanol–water partition coefficient (Wildman–Crippen LogP) is 3.01. The molecule has 0 unspecified atom stereocenters. The minimum absolute atomic E-state index is 0.00402. The summed E-state index contributed by atoms with van der Waals surface area (Å²) in [7, 11) is 1.83. The summed E-state index contributed by atoms with van der Waals surface area (Å²) >= 11 is 0. The van der Waals surface area contributed by atoms with E-state index >= 15 is 0 Å². The summed E-state index contributed by atoms with van der Waals surface area (Å²) in [4.78, 5) is 24.3. The molecule has 4 heteroatoms. The van der Waals surface area contributed by atoms with Crippen LogP contribution in [-0.2, 0) is 17.2 Å². The van der Waals surface area contributed by atoms with Crippen LogP contribution in [0, 0.1) is 0 Å². The normalized spacial score (nSPS) is 11.7. The zero-order chi connectivity index (χ0) is 15.8. The fraction of sp³-hybridized carbons (Fsp3) is 0.412. The Balaban J connectivity index is 2.70. The number of hydrogen-bond donors (Lipinski definition) is 0. The molecule has 0 saturated carbocycles. The summed E-state index contributed by atoms with van der Waals surface area (Å²) in [5, 5.41) is 0.538. The lowest BCUT2D eigenvalue weighted by molar-refractivity contribution is 0.0524. The molecule has 4 nitrogen and oxygen atoms in total. The van der Waals surface area contributed by atoms with Gasteiger partial charge in [0, 0.05) is 18.6 Å². The number of aryl methyl sites for hydroxylation is 1. The maximum Gasteiger partial charge on any atom is 0.343 e. The molecule has 21 heavy (non-hydrogen) atoms. The quantitative estimate of drug-likeness (QED) is 0.798. The van der Waals surface area contributed by atoms with E-state index in [-0.39, 0.29) is 23.0 Å². The Morgan fingerprint density at radius 1 is 1.29 bits per heavy atom. The average Bonchev–Trinajstić information content (AvgIpc) is 2.41. The average molecular weight is 287 g/mol. The van der Waals surface area contributed by atoms with Crippen LogP contribution < -0.4 is 5.43 Å². The summed E-state index contributed by atoms with van der Waals surface area (Å²) in [6.07, 6.45) is 1.55. The van der Waals surface area contributed by atoms with E-state index < -0.39 is 5.97 Å². The van der Waals surface area contributed by atoms with Crippen molar-refractivity contribution < 1.29 is 9.53 Å². The lowest BCUT2D eigenvalue weighted by Gasteiger charge is -2.20. The van der Waals surface area contributed by atoms with Crippen LogP contribution in [0.3, 0.4) is 0 Å². The van der Waals surface area contributed by atoms with Gasteiger partial charge >= 0.3 is 5.97 Å². The number of fused-ring (bicyclic) bond motifs is 1. The first-order chi connectivity index (χ1) is 9.75. The molecule has 0 amide bonds. The first-order valence-electron chi connectivity index (χ1n) is 7.06. The molecular formula is C17H21NO3. The summed E-state index contributed by atoms with van der Waals surface area (Å²) in [5.74, 6) is -0.570. The van der Waals surface area contributed by atoms with Crippen molar-refractivity contribution in [2.24, 2.45) is 7.05 Å². The Morgan fingerprint density at radius 2 is 1.95 bits per heavy atom. The standard InChI is InChI=1S/C17H21NO3/c1-6-21-16(20)13-10-18(5)14-9-11(17(2,3)4)7-8-12(14)15(13)19/h7-10H,6H2,1-5H3. The van der Waals surface area contributed by atoms with Gasteiger partial charge < -0.3 is 9.30 Å². The van der Waals surface area contributed by atoms with Gasteiger partial charge in [-0.3, -0.25) is 4.79 Å². The van der Waals surface area contributed by atoms with Crippen LogP contribution in [0.1, 0.15) is 43.6 Å². The molecule has 0 spiro atoms. The van der Waals surface area contributed by atoms with Crippen molar-refractivity contribution in [1.29, 1.82) is 0 Å². The third-order valence-corrected chi connectivity index (χ3v) is 3.55. The smallest absolute Gasteiger partial charge is 0.343 e. The number of pyridine rings is 1. The highest BCUT2D eigenvalue weighted by Gasteiger charge is 2.18. The molecule has 0 N–H and O–H groups in total. The van der Waals surface area contributed by atoms with Gasteiger partial charge in [0.05, 0.1) is 12.1 Å². The molecule has 2 rings (SSSR count). The fourth-order valence-electron chi connectivity index (χ4n) is 2.30. The Morgan fingerprint density at radius 3 is 2.52 bits per heavy atom. The molecule has 0 aliphatic carbocycles. The zero-order valence-electron chi connectivity index (χ0n) is 13.2. The summed E-state index contributed by atoms with van der Waals surface area (Å²) < 4.78 is 6.74. The summed E-state index contributed by atoms with van der Waals surface area (Å²) in [6, 6.07) is 5.74. The third-order valence-electron chi connectivity index (χ3n) is 3.55. The largest absolute Gasteiger partial charge is 0.462 e. The molecule has 1 aromatic carbocycles. The maximum absolute atomic E-state index is 12.4. The molecule has 0 atom stereocenters. The SMILES string of the molecule is CCOC(=O)c1cn(C)c2cc(C(C)(C)C)ccc2c1=O. The second kappa shape index (κ2) is 5.35. The van der Waals surface area contributed by atoms with Gasteiger partial charge in [0.1, 0.15) is 5.56 Å². The van der Waals surface area contributed by atoms with Gasteiger partial charge in [0.25, 0.3) is 0 Å². The van der Waals surface area contributed by atoms with Crippen LogP contribution in [0.2, 0.25) is 0 Å². The van der Waals surface area contributed by atoms with Crippen LogP contribution >= 0.6 is 0 Å². The molecule has 1 heterocycles. The van der Waals surface area contributed by atoms with Crippen molar-refractivity contribution in [3.05, 3.63) is 45.7 Å². The predicted molar refractivity (Wildman–Crippen MR) is 83.8 cm³/mol. The lowest BCUT2D eigenvalue weighted by Crippen LogP contribution is -2.21. The zero-order valence-corrected chi connectivity index (χ0v) is 13.2. The molecule has 0 fully saturated rings. The first kappa shape index (κ1) is 15.3. The van der Waals surface area contributed by atoms with Crippen molar-refractivity contribution in [1.82, 2.24) is 4.57 Å². The Hall–Kier alpha value is -2.10. The Labute approximate surface area is 124 Å². The van der Waals surface area contributed by atoms with Crippen LogP contribution in [-0.4, -0.2) is 17.1 Å². The van der Waals surface area contributed by atoms with E-state index in [4.69, 9.17) is 4.74 Å². The van der Waals surface area contributed by atoms with Gasteiger partial charge in [-0.05, 0) is 30.0 Å². The second-order valence-electron chi connectivity index (χ2n) is 6.19. The third kappa shape index (κ3) is 2.84. The summed E-state index contributed by atoms with van der Waals surface area (Å²) in [5.41, 5.74) is 1.77. The fourth-order valence-corrected chi connectivity index (χ4v) is 2.30. The van der Waals surface area contributed by atoms with E-state index in [0.29, 0.717) is 5.39 Å². The molecule has 0 bridgehead atoms. The van der Waals surface area contributed by atoms with Crippen LogP contribution in [0.4, 0.5) is 0 Å². The van der Waals surface area contributed by atoms with Crippen molar-refractivity contribution in [2.75, 3.05) is 6.61 Å². The molecule has 0 aliphatic heterocycles. The van der Waals surface area contributed by atoms with Gasteiger partial charge in [0.2, 0.25) is 5.43 Å². The van der Waals surface area contributed by atoms with Gasteiger partial charge in [0.15, 0.2) is 0 Å². The minimum Gasteiger partial charge on any atom is -0.462 e. The number of esters is 1. The van der Waals surface area contributed by atoms with Gasteiger partial charge in [-0.1, -0.05) is 26.8 Å². The van der Waals surface area contributed by atoms with Crippen LogP contribution in [0.15, 0.2) is 29.2 Å². The van der Waals surface area contributed by atoms with Gasteiger partial charge in [-0.25, -0.2) is 4.79 Å². The maximum atomic E-state index is 12.4. The monoisotopic (exact) mass is 287 g/mol. The molecule has 0 aliphatic rings. The van der Waals surface area contributed by atoms with Crippen molar-refractivity contribution in [2.45, 2.75) is 33.1 Å². The van der Waals surface area contributed by atoms with E-state index in [9.17, 15) is 9.59 Å². The highest BCUT2D eigenvalue weighted by molar-refractivity contribution is 5.93. The van der Waals surface area contributed by atoms with E-state index in [1.807, 2.05) is 19.2 Å². The molecule has 0 saturated heterocycles. The topological polar surface area (TPSA) is 48.3 Å².